The molecule has 5 nitrogen and oxygen atoms in total. The fourth-order valence-corrected chi connectivity index (χ4v) is 4.62. The number of likely N-dealkylation sites (tertiary alicyclic amines) is 1. The van der Waals surface area contributed by atoms with Crippen molar-refractivity contribution in [1.29, 1.82) is 0 Å². The molecule has 0 aromatic heterocycles. The van der Waals surface area contributed by atoms with Crippen molar-refractivity contribution >= 4 is 21.6 Å². The van der Waals surface area contributed by atoms with Gasteiger partial charge in [0.2, 0.25) is 10.0 Å². The van der Waals surface area contributed by atoms with Crippen LogP contribution in [0.15, 0.2) is 42.5 Å². The molecule has 0 N–H and O–H groups in total. The van der Waals surface area contributed by atoms with Crippen molar-refractivity contribution in [2.75, 3.05) is 23.7 Å². The van der Waals surface area contributed by atoms with Gasteiger partial charge in [-0.1, -0.05) is 31.2 Å². The molecule has 1 fully saturated rings. The molecule has 0 radical (unpaired) electrons. The van der Waals surface area contributed by atoms with E-state index in [0.29, 0.717) is 17.2 Å². The van der Waals surface area contributed by atoms with Crippen molar-refractivity contribution < 1.29 is 13.2 Å². The SMILES string of the molecule is Cc1ccc(C)c(N(Cc2ccc(C(=O)N3CCC(C)CC3)cc2)S(C)(=O)=O)c1. The number of benzene rings is 2. The molecule has 3 rings (SSSR count). The van der Waals surface area contributed by atoms with Crippen molar-refractivity contribution in [1.82, 2.24) is 4.90 Å². The molecular weight excluding hydrogens is 384 g/mol. The van der Waals surface area contributed by atoms with E-state index in [0.717, 1.165) is 42.6 Å². The van der Waals surface area contributed by atoms with Crippen molar-refractivity contribution in [2.24, 2.45) is 5.92 Å². The number of hydrogen-bond acceptors (Lipinski definition) is 3. The van der Waals surface area contributed by atoms with Gasteiger partial charge in [0.15, 0.2) is 0 Å². The largest absolute Gasteiger partial charge is 0.339 e. The maximum Gasteiger partial charge on any atom is 0.253 e. The summed E-state index contributed by atoms with van der Waals surface area (Å²) < 4.78 is 26.4. The lowest BCUT2D eigenvalue weighted by Crippen LogP contribution is -2.37. The number of aryl methyl sites for hydroxylation is 2. The summed E-state index contributed by atoms with van der Waals surface area (Å²) in [4.78, 5) is 14.6. The van der Waals surface area contributed by atoms with Gasteiger partial charge in [-0.3, -0.25) is 9.10 Å². The third-order valence-corrected chi connectivity index (χ3v) is 6.76. The molecule has 1 aliphatic heterocycles. The van der Waals surface area contributed by atoms with E-state index in [4.69, 9.17) is 0 Å². The van der Waals surface area contributed by atoms with Gasteiger partial charge in [0.25, 0.3) is 5.91 Å². The number of rotatable bonds is 5. The standard InChI is InChI=1S/C23H30N2O3S/c1-17-11-13-24(14-12-17)23(26)21-9-7-20(8-10-21)16-25(29(4,27)28)22-15-18(2)5-6-19(22)3/h5-10,15,17H,11-14,16H2,1-4H3. The van der Waals surface area contributed by atoms with Gasteiger partial charge in [-0.15, -0.1) is 0 Å². The Kier molecular flexibility index (Phi) is 6.32. The summed E-state index contributed by atoms with van der Waals surface area (Å²) in [6.45, 7) is 7.92. The minimum atomic E-state index is -3.45. The maximum absolute atomic E-state index is 12.7. The second kappa shape index (κ2) is 8.57. The normalized spacial score (nSPS) is 15.4. The number of amides is 1. The van der Waals surface area contributed by atoms with Crippen LogP contribution in [0.25, 0.3) is 0 Å². The Morgan fingerprint density at radius 1 is 1.07 bits per heavy atom. The van der Waals surface area contributed by atoms with E-state index in [-0.39, 0.29) is 12.5 Å². The molecule has 156 valence electrons. The second-order valence-electron chi connectivity index (χ2n) is 8.23. The summed E-state index contributed by atoms with van der Waals surface area (Å²) in [6.07, 6.45) is 3.32. The highest BCUT2D eigenvalue weighted by Gasteiger charge is 2.22. The molecule has 2 aromatic rings. The fourth-order valence-electron chi connectivity index (χ4n) is 3.68. The summed E-state index contributed by atoms with van der Waals surface area (Å²) in [5.41, 5.74) is 4.11. The molecule has 1 heterocycles. The number of carbonyl (C=O) groups is 1. The third-order valence-electron chi connectivity index (χ3n) is 5.63. The lowest BCUT2D eigenvalue weighted by Gasteiger charge is -2.30. The van der Waals surface area contributed by atoms with E-state index in [2.05, 4.69) is 6.92 Å². The van der Waals surface area contributed by atoms with Crippen LogP contribution in [0.2, 0.25) is 0 Å². The smallest absolute Gasteiger partial charge is 0.253 e. The van der Waals surface area contributed by atoms with Gasteiger partial charge in [-0.25, -0.2) is 8.42 Å². The van der Waals surface area contributed by atoms with Gasteiger partial charge < -0.3 is 4.90 Å². The lowest BCUT2D eigenvalue weighted by atomic mass is 9.98. The average molecular weight is 415 g/mol. The molecule has 1 saturated heterocycles. The topological polar surface area (TPSA) is 57.7 Å². The van der Waals surface area contributed by atoms with Gasteiger partial charge in [0.05, 0.1) is 18.5 Å². The van der Waals surface area contributed by atoms with E-state index in [1.807, 2.05) is 49.1 Å². The second-order valence-corrected chi connectivity index (χ2v) is 10.1. The van der Waals surface area contributed by atoms with E-state index in [9.17, 15) is 13.2 Å². The van der Waals surface area contributed by atoms with Crippen LogP contribution < -0.4 is 4.31 Å². The van der Waals surface area contributed by atoms with Crippen molar-refractivity contribution in [3.05, 3.63) is 64.7 Å². The van der Waals surface area contributed by atoms with Crippen molar-refractivity contribution in [2.45, 2.75) is 40.2 Å². The van der Waals surface area contributed by atoms with E-state index in [1.165, 1.54) is 10.6 Å². The summed E-state index contributed by atoms with van der Waals surface area (Å²) in [6, 6.07) is 13.1. The molecule has 0 atom stereocenters. The van der Waals surface area contributed by atoms with Crippen LogP contribution >= 0.6 is 0 Å². The minimum absolute atomic E-state index is 0.0537. The quantitative estimate of drug-likeness (QED) is 0.739. The summed E-state index contributed by atoms with van der Waals surface area (Å²) in [7, 11) is -3.45. The summed E-state index contributed by atoms with van der Waals surface area (Å²) in [5.74, 6) is 0.728. The zero-order valence-electron chi connectivity index (χ0n) is 17.7. The predicted octanol–water partition coefficient (Wildman–Crippen LogP) is 4.14. The van der Waals surface area contributed by atoms with Crippen LogP contribution in [0.5, 0.6) is 0 Å². The number of piperidine rings is 1. The third kappa shape index (κ3) is 5.18. The summed E-state index contributed by atoms with van der Waals surface area (Å²) >= 11 is 0. The number of sulfonamides is 1. The highest BCUT2D eigenvalue weighted by Crippen LogP contribution is 2.26. The molecule has 1 amide bonds. The maximum atomic E-state index is 12.7. The molecule has 0 bridgehead atoms. The predicted molar refractivity (Wildman–Crippen MR) is 118 cm³/mol. The Bertz CT molecular complexity index is 976. The zero-order chi connectivity index (χ0) is 21.2. The lowest BCUT2D eigenvalue weighted by molar-refractivity contribution is 0.0697. The molecule has 29 heavy (non-hydrogen) atoms. The molecular formula is C23H30N2O3S. The van der Waals surface area contributed by atoms with Gasteiger partial charge in [0.1, 0.15) is 0 Å². The van der Waals surface area contributed by atoms with Crippen LogP contribution in [-0.4, -0.2) is 38.6 Å². The highest BCUT2D eigenvalue weighted by molar-refractivity contribution is 7.92. The first kappa shape index (κ1) is 21.4. The zero-order valence-corrected chi connectivity index (χ0v) is 18.5. The van der Waals surface area contributed by atoms with E-state index >= 15 is 0 Å². The van der Waals surface area contributed by atoms with Crippen LogP contribution in [0, 0.1) is 19.8 Å². The Hall–Kier alpha value is -2.34. The Labute approximate surface area is 174 Å². The first-order valence-corrected chi connectivity index (χ1v) is 11.9. The molecule has 0 spiro atoms. The first-order chi connectivity index (χ1) is 13.6. The highest BCUT2D eigenvalue weighted by atomic mass is 32.2. The number of hydrogen-bond donors (Lipinski definition) is 0. The number of carbonyl (C=O) groups excluding carboxylic acids is 1. The molecule has 1 aliphatic rings. The van der Waals surface area contributed by atoms with Gasteiger partial charge >= 0.3 is 0 Å². The summed E-state index contributed by atoms with van der Waals surface area (Å²) in [5, 5.41) is 0. The van der Waals surface area contributed by atoms with Gasteiger partial charge in [-0.2, -0.15) is 0 Å². The molecule has 6 heteroatoms. The van der Waals surface area contributed by atoms with Gasteiger partial charge in [0, 0.05) is 18.7 Å². The monoisotopic (exact) mass is 414 g/mol. The Morgan fingerprint density at radius 3 is 2.28 bits per heavy atom. The van der Waals surface area contributed by atoms with Crippen LogP contribution in [0.3, 0.4) is 0 Å². The fraction of sp³-hybridized carbons (Fsp3) is 0.435. The van der Waals surface area contributed by atoms with Crippen LogP contribution in [0.1, 0.15) is 46.8 Å². The number of nitrogens with zero attached hydrogens (tertiary/aromatic N) is 2. The van der Waals surface area contributed by atoms with Crippen LogP contribution in [0.4, 0.5) is 5.69 Å². The van der Waals surface area contributed by atoms with Crippen LogP contribution in [-0.2, 0) is 16.6 Å². The first-order valence-electron chi connectivity index (χ1n) is 10.1. The molecule has 0 saturated carbocycles. The van der Waals surface area contributed by atoms with E-state index in [1.54, 1.807) is 12.1 Å². The van der Waals surface area contributed by atoms with Crippen molar-refractivity contribution in [3.8, 4) is 0 Å². The van der Waals surface area contributed by atoms with Gasteiger partial charge in [-0.05, 0) is 67.5 Å². The Morgan fingerprint density at radius 2 is 1.69 bits per heavy atom. The number of anilines is 1. The molecule has 0 aliphatic carbocycles. The molecule has 2 aromatic carbocycles. The van der Waals surface area contributed by atoms with Crippen molar-refractivity contribution in [3.63, 3.8) is 0 Å². The van der Waals surface area contributed by atoms with E-state index < -0.39 is 10.0 Å². The minimum Gasteiger partial charge on any atom is -0.339 e. The average Bonchev–Trinajstić information content (AvgIpc) is 2.68. The Balaban J connectivity index is 1.79. The molecule has 0 unspecified atom stereocenters.